The zero-order chi connectivity index (χ0) is 15.0. The van der Waals surface area contributed by atoms with Crippen LogP contribution in [0.2, 0.25) is 0 Å². The van der Waals surface area contributed by atoms with E-state index in [1.807, 2.05) is 11.8 Å². The molecule has 0 aromatic heterocycles. The number of hydrogen-bond donors (Lipinski definition) is 1. The minimum atomic E-state index is 0.535. The average molecular weight is 295 g/mol. The molecule has 0 spiro atoms. The summed E-state index contributed by atoms with van der Waals surface area (Å²) in [5, 5.41) is 3.48. The molecular formula is C17H30N2S. The maximum Gasteiger partial charge on any atom is 0.0233 e. The normalized spacial score (nSPS) is 13.2. The van der Waals surface area contributed by atoms with E-state index in [4.69, 9.17) is 0 Å². The molecule has 0 aliphatic heterocycles. The summed E-state index contributed by atoms with van der Waals surface area (Å²) < 4.78 is 0. The SMILES string of the molecule is CSCCC(C)N(C)Cc1cccc(CNC(C)C)c1. The Bertz CT molecular complexity index is 379. The van der Waals surface area contributed by atoms with Crippen LogP contribution in [0.15, 0.2) is 24.3 Å². The van der Waals surface area contributed by atoms with Gasteiger partial charge in [0.1, 0.15) is 0 Å². The molecule has 1 N–H and O–H groups in total. The Balaban J connectivity index is 2.52. The van der Waals surface area contributed by atoms with Crippen LogP contribution in [0.25, 0.3) is 0 Å². The van der Waals surface area contributed by atoms with Crippen molar-refractivity contribution >= 4 is 11.8 Å². The van der Waals surface area contributed by atoms with Gasteiger partial charge in [-0.15, -0.1) is 0 Å². The van der Waals surface area contributed by atoms with Gasteiger partial charge in [0, 0.05) is 25.2 Å². The van der Waals surface area contributed by atoms with Crippen molar-refractivity contribution in [3.05, 3.63) is 35.4 Å². The van der Waals surface area contributed by atoms with E-state index in [-0.39, 0.29) is 0 Å². The number of rotatable bonds is 9. The van der Waals surface area contributed by atoms with Crippen molar-refractivity contribution < 1.29 is 0 Å². The number of nitrogens with zero attached hydrogens (tertiary/aromatic N) is 1. The first kappa shape index (κ1) is 17.5. The van der Waals surface area contributed by atoms with E-state index in [1.165, 1.54) is 23.3 Å². The van der Waals surface area contributed by atoms with Gasteiger partial charge >= 0.3 is 0 Å². The Hall–Kier alpha value is -0.510. The summed E-state index contributed by atoms with van der Waals surface area (Å²) in [4.78, 5) is 2.45. The molecule has 1 atom stereocenters. The Kier molecular flexibility index (Phi) is 8.27. The van der Waals surface area contributed by atoms with Gasteiger partial charge in [0.25, 0.3) is 0 Å². The van der Waals surface area contributed by atoms with Gasteiger partial charge in [-0.2, -0.15) is 11.8 Å². The summed E-state index contributed by atoms with van der Waals surface area (Å²) >= 11 is 1.93. The monoisotopic (exact) mass is 294 g/mol. The third-order valence-electron chi connectivity index (χ3n) is 3.63. The Morgan fingerprint density at radius 3 is 2.55 bits per heavy atom. The molecule has 0 radical (unpaired) electrons. The van der Waals surface area contributed by atoms with Crippen LogP contribution in [-0.2, 0) is 13.1 Å². The lowest BCUT2D eigenvalue weighted by Crippen LogP contribution is -2.29. The average Bonchev–Trinajstić information content (AvgIpc) is 2.42. The topological polar surface area (TPSA) is 15.3 Å². The number of nitrogens with one attached hydrogen (secondary N) is 1. The van der Waals surface area contributed by atoms with Crippen LogP contribution in [0.4, 0.5) is 0 Å². The maximum atomic E-state index is 3.48. The molecule has 3 heteroatoms. The molecule has 20 heavy (non-hydrogen) atoms. The van der Waals surface area contributed by atoms with Crippen molar-refractivity contribution in [2.75, 3.05) is 19.1 Å². The fourth-order valence-electron chi connectivity index (χ4n) is 2.11. The maximum absolute atomic E-state index is 3.48. The molecule has 0 fully saturated rings. The fourth-order valence-corrected chi connectivity index (χ4v) is 2.69. The first-order valence-corrected chi connectivity index (χ1v) is 8.92. The summed E-state index contributed by atoms with van der Waals surface area (Å²) in [5.41, 5.74) is 2.79. The quantitative estimate of drug-likeness (QED) is 0.746. The highest BCUT2D eigenvalue weighted by molar-refractivity contribution is 7.98. The van der Waals surface area contributed by atoms with Gasteiger partial charge in [0.2, 0.25) is 0 Å². The van der Waals surface area contributed by atoms with E-state index in [0.717, 1.165) is 13.1 Å². The van der Waals surface area contributed by atoms with Gasteiger partial charge in [-0.05, 0) is 43.5 Å². The van der Waals surface area contributed by atoms with Gasteiger partial charge in [0.05, 0.1) is 0 Å². The second-order valence-corrected chi connectivity index (χ2v) is 6.89. The van der Waals surface area contributed by atoms with Gasteiger partial charge in [-0.1, -0.05) is 38.1 Å². The van der Waals surface area contributed by atoms with Gasteiger partial charge < -0.3 is 5.32 Å². The molecule has 1 rings (SSSR count). The zero-order valence-electron chi connectivity index (χ0n) is 13.6. The third kappa shape index (κ3) is 6.78. The van der Waals surface area contributed by atoms with Crippen molar-refractivity contribution in [3.8, 4) is 0 Å². The minimum absolute atomic E-state index is 0.535. The van der Waals surface area contributed by atoms with Crippen LogP contribution >= 0.6 is 11.8 Å². The van der Waals surface area contributed by atoms with E-state index in [2.05, 4.69) is 68.6 Å². The molecule has 0 saturated heterocycles. The zero-order valence-corrected chi connectivity index (χ0v) is 14.5. The number of hydrogen-bond acceptors (Lipinski definition) is 3. The van der Waals surface area contributed by atoms with E-state index >= 15 is 0 Å². The van der Waals surface area contributed by atoms with E-state index in [0.29, 0.717) is 12.1 Å². The van der Waals surface area contributed by atoms with Gasteiger partial charge in [-0.3, -0.25) is 4.90 Å². The highest BCUT2D eigenvalue weighted by Gasteiger charge is 2.09. The van der Waals surface area contributed by atoms with Crippen molar-refractivity contribution in [1.29, 1.82) is 0 Å². The van der Waals surface area contributed by atoms with Crippen molar-refractivity contribution in [2.24, 2.45) is 0 Å². The number of thioether (sulfide) groups is 1. The van der Waals surface area contributed by atoms with Crippen LogP contribution < -0.4 is 5.32 Å². The number of benzene rings is 1. The lowest BCUT2D eigenvalue weighted by atomic mass is 10.1. The highest BCUT2D eigenvalue weighted by atomic mass is 32.2. The highest BCUT2D eigenvalue weighted by Crippen LogP contribution is 2.12. The molecule has 0 amide bonds. The minimum Gasteiger partial charge on any atom is -0.310 e. The summed E-state index contributed by atoms with van der Waals surface area (Å²) in [6, 6.07) is 10.1. The standard InChI is InChI=1S/C17H30N2S/c1-14(2)18-12-16-7-6-8-17(11-16)13-19(4)15(3)9-10-20-5/h6-8,11,14-15,18H,9-10,12-13H2,1-5H3. The Morgan fingerprint density at radius 1 is 1.20 bits per heavy atom. The molecule has 0 saturated carbocycles. The van der Waals surface area contributed by atoms with Crippen molar-refractivity contribution in [3.63, 3.8) is 0 Å². The smallest absolute Gasteiger partial charge is 0.0233 e. The van der Waals surface area contributed by atoms with E-state index in [1.54, 1.807) is 0 Å². The first-order chi connectivity index (χ1) is 9.52. The summed E-state index contributed by atoms with van der Waals surface area (Å²) in [6.45, 7) is 8.68. The second-order valence-electron chi connectivity index (χ2n) is 5.90. The molecule has 0 heterocycles. The summed E-state index contributed by atoms with van der Waals surface area (Å²) in [5.74, 6) is 1.24. The molecular weight excluding hydrogens is 264 g/mol. The van der Waals surface area contributed by atoms with Crippen LogP contribution in [-0.4, -0.2) is 36.0 Å². The predicted octanol–water partition coefficient (Wildman–Crippen LogP) is 3.76. The van der Waals surface area contributed by atoms with Crippen molar-refractivity contribution in [1.82, 2.24) is 10.2 Å². The lowest BCUT2D eigenvalue weighted by Gasteiger charge is -2.24. The van der Waals surface area contributed by atoms with Crippen molar-refractivity contribution in [2.45, 2.75) is 52.4 Å². The molecule has 2 nitrogen and oxygen atoms in total. The van der Waals surface area contributed by atoms with Crippen LogP contribution in [0.1, 0.15) is 38.3 Å². The molecule has 114 valence electrons. The molecule has 0 bridgehead atoms. The molecule has 1 aromatic carbocycles. The van der Waals surface area contributed by atoms with E-state index < -0.39 is 0 Å². The first-order valence-electron chi connectivity index (χ1n) is 7.53. The predicted molar refractivity (Wildman–Crippen MR) is 92.3 cm³/mol. The third-order valence-corrected chi connectivity index (χ3v) is 4.27. The van der Waals surface area contributed by atoms with Crippen LogP contribution in [0.3, 0.4) is 0 Å². The van der Waals surface area contributed by atoms with Crippen LogP contribution in [0.5, 0.6) is 0 Å². The van der Waals surface area contributed by atoms with Gasteiger partial charge in [0.15, 0.2) is 0 Å². The summed E-state index contributed by atoms with van der Waals surface area (Å²) in [7, 11) is 2.23. The van der Waals surface area contributed by atoms with Crippen LogP contribution in [0, 0.1) is 0 Å². The van der Waals surface area contributed by atoms with Gasteiger partial charge in [-0.25, -0.2) is 0 Å². The van der Waals surface area contributed by atoms with E-state index in [9.17, 15) is 0 Å². The summed E-state index contributed by atoms with van der Waals surface area (Å²) in [6.07, 6.45) is 3.43. The fraction of sp³-hybridized carbons (Fsp3) is 0.647. The largest absolute Gasteiger partial charge is 0.310 e. The lowest BCUT2D eigenvalue weighted by molar-refractivity contribution is 0.245. The molecule has 0 aliphatic rings. The Morgan fingerprint density at radius 2 is 1.90 bits per heavy atom. The molecule has 1 aromatic rings. The Labute approximate surface area is 129 Å². The molecule has 0 aliphatic carbocycles. The molecule has 1 unspecified atom stereocenters. The second kappa shape index (κ2) is 9.43.